The van der Waals surface area contributed by atoms with E-state index in [1.54, 1.807) is 14.2 Å². The molecule has 84 valence electrons. The van der Waals surface area contributed by atoms with E-state index in [4.69, 9.17) is 9.47 Å². The molecule has 14 heavy (non-hydrogen) atoms. The van der Waals surface area contributed by atoms with Gasteiger partial charge in [-0.25, -0.2) is 0 Å². The molecule has 0 aromatic heterocycles. The number of rotatable bonds is 7. The molecule has 0 aliphatic carbocycles. The molecule has 0 aromatic rings. The number of hydrogen-bond acceptors (Lipinski definition) is 4. The maximum atomic E-state index is 10.5. The van der Waals surface area contributed by atoms with Crippen LogP contribution in [0.15, 0.2) is 0 Å². The van der Waals surface area contributed by atoms with Crippen LogP contribution >= 0.6 is 0 Å². The molecule has 5 nitrogen and oxygen atoms in total. The Hall–Kier alpha value is -0.650. The zero-order chi connectivity index (χ0) is 11.0. The van der Waals surface area contributed by atoms with Crippen LogP contribution in [0, 0.1) is 0 Å². The molecule has 0 aliphatic rings. The Labute approximate surface area is 85.1 Å². The fourth-order valence-electron chi connectivity index (χ4n) is 1.14. The summed E-state index contributed by atoms with van der Waals surface area (Å²) in [5.41, 5.74) is 0. The first-order chi connectivity index (χ1) is 6.61. The van der Waals surface area contributed by atoms with Gasteiger partial charge in [0.25, 0.3) is 0 Å². The van der Waals surface area contributed by atoms with Crippen LogP contribution in [0.3, 0.4) is 0 Å². The monoisotopic (exact) mass is 204 g/mol. The van der Waals surface area contributed by atoms with Crippen molar-refractivity contribution in [2.75, 3.05) is 27.3 Å². The highest BCUT2D eigenvalue weighted by atomic mass is 16.7. The smallest absolute Gasteiger partial charge is 0.216 e. The minimum Gasteiger partial charge on any atom is -0.355 e. The molecule has 1 atom stereocenters. The highest BCUT2D eigenvalue weighted by Crippen LogP contribution is 1.97. The lowest BCUT2D eigenvalue weighted by atomic mass is 10.3. The highest BCUT2D eigenvalue weighted by molar-refractivity contribution is 5.72. The molecule has 1 amide bonds. The van der Waals surface area contributed by atoms with Crippen molar-refractivity contribution in [1.82, 2.24) is 10.6 Å². The van der Waals surface area contributed by atoms with Crippen molar-refractivity contribution in [3.8, 4) is 0 Å². The standard InChI is InChI=1S/C9H20N2O3/c1-7(9(13-3)14-4)10-5-6-11-8(2)12/h7,9-10H,5-6H2,1-4H3,(H,11,12). The van der Waals surface area contributed by atoms with Gasteiger partial charge in [0.2, 0.25) is 5.91 Å². The van der Waals surface area contributed by atoms with Crippen LogP contribution in [0.1, 0.15) is 13.8 Å². The van der Waals surface area contributed by atoms with Gasteiger partial charge in [-0.05, 0) is 6.92 Å². The second-order valence-electron chi connectivity index (χ2n) is 3.07. The summed E-state index contributed by atoms with van der Waals surface area (Å²) in [4.78, 5) is 10.5. The Bertz CT molecular complexity index is 160. The van der Waals surface area contributed by atoms with Gasteiger partial charge in [0.15, 0.2) is 6.29 Å². The zero-order valence-electron chi connectivity index (χ0n) is 9.29. The summed E-state index contributed by atoms with van der Waals surface area (Å²) in [7, 11) is 3.19. The van der Waals surface area contributed by atoms with Gasteiger partial charge in [-0.1, -0.05) is 0 Å². The van der Waals surface area contributed by atoms with E-state index >= 15 is 0 Å². The lowest BCUT2D eigenvalue weighted by Crippen LogP contribution is -2.42. The molecule has 5 heteroatoms. The molecular weight excluding hydrogens is 184 g/mol. The molecule has 0 fully saturated rings. The quantitative estimate of drug-likeness (QED) is 0.442. The van der Waals surface area contributed by atoms with Crippen LogP contribution in [0.2, 0.25) is 0 Å². The Morgan fingerprint density at radius 3 is 2.29 bits per heavy atom. The summed E-state index contributed by atoms with van der Waals surface area (Å²) in [5, 5.41) is 5.87. The molecule has 1 unspecified atom stereocenters. The van der Waals surface area contributed by atoms with Crippen molar-refractivity contribution >= 4 is 5.91 Å². The van der Waals surface area contributed by atoms with Crippen LogP contribution in [0.4, 0.5) is 0 Å². The second kappa shape index (κ2) is 7.73. The predicted molar refractivity (Wildman–Crippen MR) is 54.0 cm³/mol. The summed E-state index contributed by atoms with van der Waals surface area (Å²) < 4.78 is 10.1. The topological polar surface area (TPSA) is 59.6 Å². The largest absolute Gasteiger partial charge is 0.355 e. The molecule has 0 saturated carbocycles. The average molecular weight is 204 g/mol. The summed E-state index contributed by atoms with van der Waals surface area (Å²) in [6, 6.07) is 0.0961. The summed E-state index contributed by atoms with van der Waals surface area (Å²) >= 11 is 0. The molecule has 0 saturated heterocycles. The SMILES string of the molecule is COC(OC)C(C)NCCNC(C)=O. The number of hydrogen-bond donors (Lipinski definition) is 2. The molecule has 0 heterocycles. The van der Waals surface area contributed by atoms with E-state index in [-0.39, 0.29) is 18.2 Å². The van der Waals surface area contributed by atoms with Gasteiger partial charge >= 0.3 is 0 Å². The van der Waals surface area contributed by atoms with Gasteiger partial charge in [0.1, 0.15) is 0 Å². The number of methoxy groups -OCH3 is 2. The van der Waals surface area contributed by atoms with Crippen LogP contribution in [-0.2, 0) is 14.3 Å². The first kappa shape index (κ1) is 13.4. The molecular formula is C9H20N2O3. The fourth-order valence-corrected chi connectivity index (χ4v) is 1.14. The normalized spacial score (nSPS) is 12.9. The number of carbonyl (C=O) groups is 1. The summed E-state index contributed by atoms with van der Waals surface area (Å²) in [6.07, 6.45) is -0.257. The molecule has 0 bridgehead atoms. The molecule has 0 spiro atoms. The van der Waals surface area contributed by atoms with E-state index in [2.05, 4.69) is 10.6 Å². The number of nitrogens with one attached hydrogen (secondary N) is 2. The highest BCUT2D eigenvalue weighted by Gasteiger charge is 2.13. The van der Waals surface area contributed by atoms with Crippen molar-refractivity contribution in [2.45, 2.75) is 26.2 Å². The maximum Gasteiger partial charge on any atom is 0.216 e. The number of ether oxygens (including phenoxy) is 2. The van der Waals surface area contributed by atoms with Crippen LogP contribution < -0.4 is 10.6 Å². The first-order valence-corrected chi connectivity index (χ1v) is 4.65. The van der Waals surface area contributed by atoms with Gasteiger partial charge in [-0.2, -0.15) is 0 Å². The molecule has 0 aromatic carbocycles. The second-order valence-corrected chi connectivity index (χ2v) is 3.07. The fraction of sp³-hybridized carbons (Fsp3) is 0.889. The lowest BCUT2D eigenvalue weighted by Gasteiger charge is -2.22. The van der Waals surface area contributed by atoms with Crippen LogP contribution in [-0.4, -0.2) is 45.5 Å². The minimum atomic E-state index is -0.257. The molecule has 0 aliphatic heterocycles. The van der Waals surface area contributed by atoms with Crippen molar-refractivity contribution in [2.24, 2.45) is 0 Å². The van der Waals surface area contributed by atoms with E-state index in [9.17, 15) is 4.79 Å². The average Bonchev–Trinajstić information content (AvgIpc) is 2.14. The Kier molecular flexibility index (Phi) is 7.37. The van der Waals surface area contributed by atoms with Gasteiger partial charge in [-0.15, -0.1) is 0 Å². The molecule has 2 N–H and O–H groups in total. The third-order valence-electron chi connectivity index (χ3n) is 1.84. The zero-order valence-corrected chi connectivity index (χ0v) is 9.29. The van der Waals surface area contributed by atoms with Gasteiger partial charge in [0.05, 0.1) is 6.04 Å². The number of carbonyl (C=O) groups excluding carboxylic acids is 1. The number of amides is 1. The van der Waals surface area contributed by atoms with Gasteiger partial charge in [-0.3, -0.25) is 4.79 Å². The van der Waals surface area contributed by atoms with Crippen LogP contribution in [0.25, 0.3) is 0 Å². The minimum absolute atomic E-state index is 0.0190. The third kappa shape index (κ3) is 5.90. The van der Waals surface area contributed by atoms with E-state index in [1.807, 2.05) is 6.92 Å². The maximum absolute atomic E-state index is 10.5. The lowest BCUT2D eigenvalue weighted by molar-refractivity contribution is -0.120. The summed E-state index contributed by atoms with van der Waals surface area (Å²) in [6.45, 7) is 4.77. The Balaban J connectivity index is 3.51. The van der Waals surface area contributed by atoms with Crippen molar-refractivity contribution < 1.29 is 14.3 Å². The Morgan fingerprint density at radius 2 is 1.86 bits per heavy atom. The van der Waals surface area contributed by atoms with Crippen LogP contribution in [0.5, 0.6) is 0 Å². The molecule has 0 rings (SSSR count). The van der Waals surface area contributed by atoms with Crippen molar-refractivity contribution in [3.63, 3.8) is 0 Å². The van der Waals surface area contributed by atoms with E-state index in [0.29, 0.717) is 13.1 Å². The van der Waals surface area contributed by atoms with Crippen molar-refractivity contribution in [3.05, 3.63) is 0 Å². The van der Waals surface area contributed by atoms with Crippen molar-refractivity contribution in [1.29, 1.82) is 0 Å². The van der Waals surface area contributed by atoms with E-state index in [1.165, 1.54) is 6.92 Å². The Morgan fingerprint density at radius 1 is 1.29 bits per heavy atom. The molecule has 0 radical (unpaired) electrons. The first-order valence-electron chi connectivity index (χ1n) is 4.65. The predicted octanol–water partition coefficient (Wildman–Crippen LogP) is -0.280. The van der Waals surface area contributed by atoms with E-state index < -0.39 is 0 Å². The van der Waals surface area contributed by atoms with Gasteiger partial charge in [0, 0.05) is 34.2 Å². The summed E-state index contributed by atoms with van der Waals surface area (Å²) in [5.74, 6) is -0.0190. The van der Waals surface area contributed by atoms with E-state index in [0.717, 1.165) is 0 Å². The third-order valence-corrected chi connectivity index (χ3v) is 1.84. The van der Waals surface area contributed by atoms with Gasteiger partial charge < -0.3 is 20.1 Å².